The quantitative estimate of drug-likeness (QED) is 0.869. The summed E-state index contributed by atoms with van der Waals surface area (Å²) in [6.07, 6.45) is 0. The summed E-state index contributed by atoms with van der Waals surface area (Å²) < 4.78 is 6.21. The number of halogens is 1. The third-order valence-corrected chi connectivity index (χ3v) is 3.13. The van der Waals surface area contributed by atoms with Gasteiger partial charge in [-0.25, -0.2) is 4.79 Å². The monoisotopic (exact) mass is 349 g/mol. The highest BCUT2D eigenvalue weighted by molar-refractivity contribution is 9.10. The third kappa shape index (κ3) is 4.61. The van der Waals surface area contributed by atoms with Crippen LogP contribution < -0.4 is 10.1 Å². The lowest BCUT2D eigenvalue weighted by Gasteiger charge is -2.07. The number of carboxylic acid groups (broad SMARTS) is 1. The Morgan fingerprint density at radius 2 is 1.67 bits per heavy atom. The van der Waals surface area contributed by atoms with Gasteiger partial charge in [0.05, 0.1) is 5.56 Å². The Labute approximate surface area is 129 Å². The van der Waals surface area contributed by atoms with Crippen LogP contribution in [0.4, 0.5) is 5.69 Å². The molecule has 0 saturated heterocycles. The minimum atomic E-state index is -1.01. The fourth-order valence-electron chi connectivity index (χ4n) is 1.57. The zero-order valence-corrected chi connectivity index (χ0v) is 12.5. The molecule has 0 atom stereocenters. The molecule has 0 aliphatic rings. The normalized spacial score (nSPS) is 9.95. The van der Waals surface area contributed by atoms with Crippen LogP contribution in [0.25, 0.3) is 0 Å². The lowest BCUT2D eigenvalue weighted by molar-refractivity contribution is -0.118. The third-order valence-electron chi connectivity index (χ3n) is 2.60. The molecule has 0 spiro atoms. The second kappa shape index (κ2) is 6.90. The summed E-state index contributed by atoms with van der Waals surface area (Å²) >= 11 is 3.31. The number of amides is 1. The maximum atomic E-state index is 11.7. The number of aromatic carboxylic acids is 1. The summed E-state index contributed by atoms with van der Waals surface area (Å²) in [5.74, 6) is -0.861. The molecule has 1 amide bonds. The molecule has 6 heteroatoms. The molecule has 0 saturated carbocycles. The van der Waals surface area contributed by atoms with E-state index < -0.39 is 5.97 Å². The number of hydrogen-bond acceptors (Lipinski definition) is 3. The van der Waals surface area contributed by atoms with Crippen LogP contribution in [0, 0.1) is 0 Å². The average Bonchev–Trinajstić information content (AvgIpc) is 2.48. The van der Waals surface area contributed by atoms with Gasteiger partial charge in [0, 0.05) is 10.2 Å². The maximum Gasteiger partial charge on any atom is 0.335 e. The van der Waals surface area contributed by atoms with E-state index in [1.165, 1.54) is 24.3 Å². The van der Waals surface area contributed by atoms with Crippen LogP contribution in [-0.2, 0) is 4.79 Å². The van der Waals surface area contributed by atoms with Crippen molar-refractivity contribution in [1.82, 2.24) is 0 Å². The molecule has 0 bridgehead atoms. The van der Waals surface area contributed by atoms with Crippen molar-refractivity contribution in [2.75, 3.05) is 11.9 Å². The van der Waals surface area contributed by atoms with E-state index >= 15 is 0 Å². The van der Waals surface area contributed by atoms with Crippen LogP contribution in [-0.4, -0.2) is 23.6 Å². The Kier molecular flexibility index (Phi) is 4.94. The van der Waals surface area contributed by atoms with Crippen LogP contribution in [0.15, 0.2) is 53.0 Å². The van der Waals surface area contributed by atoms with E-state index in [4.69, 9.17) is 9.84 Å². The van der Waals surface area contributed by atoms with Gasteiger partial charge in [0.15, 0.2) is 6.61 Å². The number of ether oxygens (including phenoxy) is 1. The van der Waals surface area contributed by atoms with Gasteiger partial charge in [-0.05, 0) is 48.5 Å². The molecule has 0 radical (unpaired) electrons. The highest BCUT2D eigenvalue weighted by Gasteiger charge is 2.05. The fraction of sp³-hybridized carbons (Fsp3) is 0.0667. The summed E-state index contributed by atoms with van der Waals surface area (Å²) in [5, 5.41) is 11.5. The largest absolute Gasteiger partial charge is 0.484 e. The Balaban J connectivity index is 1.86. The van der Waals surface area contributed by atoms with Gasteiger partial charge in [-0.1, -0.05) is 15.9 Å². The number of carbonyl (C=O) groups excluding carboxylic acids is 1. The van der Waals surface area contributed by atoms with Crippen LogP contribution in [0.2, 0.25) is 0 Å². The molecule has 0 aromatic heterocycles. The second-order valence-corrected chi connectivity index (χ2v) is 5.09. The molecule has 0 aliphatic heterocycles. The first kappa shape index (κ1) is 15.1. The molecular formula is C15H12BrNO4. The van der Waals surface area contributed by atoms with Crippen molar-refractivity contribution in [3.63, 3.8) is 0 Å². The van der Waals surface area contributed by atoms with Crippen molar-refractivity contribution in [3.05, 3.63) is 58.6 Å². The number of nitrogens with one attached hydrogen (secondary N) is 1. The molecule has 2 rings (SSSR count). The van der Waals surface area contributed by atoms with Crippen molar-refractivity contribution in [3.8, 4) is 5.75 Å². The predicted octanol–water partition coefficient (Wildman–Crippen LogP) is 3.16. The first-order chi connectivity index (χ1) is 10.0. The van der Waals surface area contributed by atoms with E-state index in [1.807, 2.05) is 12.1 Å². The molecular weight excluding hydrogens is 338 g/mol. The fourth-order valence-corrected chi connectivity index (χ4v) is 1.84. The Bertz CT molecular complexity index is 638. The first-order valence-electron chi connectivity index (χ1n) is 6.06. The number of rotatable bonds is 5. The lowest BCUT2D eigenvalue weighted by atomic mass is 10.2. The van der Waals surface area contributed by atoms with Crippen LogP contribution in [0.1, 0.15) is 10.4 Å². The molecule has 5 nitrogen and oxygen atoms in total. The van der Waals surface area contributed by atoms with Gasteiger partial charge in [-0.2, -0.15) is 0 Å². The molecule has 0 heterocycles. The van der Waals surface area contributed by atoms with Gasteiger partial charge in [0.25, 0.3) is 5.91 Å². The van der Waals surface area contributed by atoms with Crippen molar-refractivity contribution >= 4 is 33.5 Å². The molecule has 108 valence electrons. The van der Waals surface area contributed by atoms with Crippen molar-refractivity contribution < 1.29 is 19.4 Å². The maximum absolute atomic E-state index is 11.7. The van der Waals surface area contributed by atoms with Gasteiger partial charge >= 0.3 is 5.97 Å². The van der Waals surface area contributed by atoms with Crippen LogP contribution in [0.5, 0.6) is 5.75 Å². The smallest absolute Gasteiger partial charge is 0.335 e. The summed E-state index contributed by atoms with van der Waals surface area (Å²) in [4.78, 5) is 22.4. The summed E-state index contributed by atoms with van der Waals surface area (Å²) in [6, 6.07) is 13.0. The van der Waals surface area contributed by atoms with Gasteiger partial charge in [0.2, 0.25) is 0 Å². The van der Waals surface area contributed by atoms with Gasteiger partial charge in [0.1, 0.15) is 5.75 Å². The van der Waals surface area contributed by atoms with E-state index in [-0.39, 0.29) is 18.1 Å². The first-order valence-corrected chi connectivity index (χ1v) is 6.85. The Morgan fingerprint density at radius 3 is 2.24 bits per heavy atom. The lowest BCUT2D eigenvalue weighted by Crippen LogP contribution is -2.20. The molecule has 2 aromatic carbocycles. The number of hydrogen-bond donors (Lipinski definition) is 2. The molecule has 0 unspecified atom stereocenters. The number of carboxylic acids is 1. The van der Waals surface area contributed by atoms with E-state index in [2.05, 4.69) is 21.2 Å². The summed E-state index contributed by atoms with van der Waals surface area (Å²) in [6.45, 7) is -0.150. The van der Waals surface area contributed by atoms with Crippen LogP contribution >= 0.6 is 15.9 Å². The highest BCUT2D eigenvalue weighted by atomic mass is 79.9. The second-order valence-electron chi connectivity index (χ2n) is 4.17. The molecule has 0 fully saturated rings. The zero-order valence-electron chi connectivity index (χ0n) is 10.9. The van der Waals surface area contributed by atoms with Crippen molar-refractivity contribution in [2.24, 2.45) is 0 Å². The van der Waals surface area contributed by atoms with Crippen molar-refractivity contribution in [2.45, 2.75) is 0 Å². The van der Waals surface area contributed by atoms with Gasteiger partial charge in [-0.3, -0.25) is 4.79 Å². The minimum absolute atomic E-state index is 0.150. The van der Waals surface area contributed by atoms with E-state index in [0.717, 1.165) is 4.47 Å². The van der Waals surface area contributed by atoms with E-state index in [9.17, 15) is 9.59 Å². The zero-order chi connectivity index (χ0) is 15.2. The molecule has 2 aromatic rings. The molecule has 0 aliphatic carbocycles. The average molecular weight is 350 g/mol. The predicted molar refractivity (Wildman–Crippen MR) is 81.7 cm³/mol. The number of benzene rings is 2. The minimum Gasteiger partial charge on any atom is -0.484 e. The number of anilines is 1. The Hall–Kier alpha value is -2.34. The van der Waals surface area contributed by atoms with Gasteiger partial charge < -0.3 is 15.2 Å². The van der Waals surface area contributed by atoms with Crippen LogP contribution in [0.3, 0.4) is 0 Å². The van der Waals surface area contributed by atoms with Crippen molar-refractivity contribution in [1.29, 1.82) is 0 Å². The molecule has 21 heavy (non-hydrogen) atoms. The molecule has 2 N–H and O–H groups in total. The standard InChI is InChI=1S/C15H12BrNO4/c16-11-3-5-12(6-4-11)17-14(18)9-21-13-7-1-10(2-8-13)15(19)20/h1-8H,9H2,(H,17,18)(H,19,20). The summed E-state index contributed by atoms with van der Waals surface area (Å²) in [7, 11) is 0. The van der Waals surface area contributed by atoms with Gasteiger partial charge in [-0.15, -0.1) is 0 Å². The number of carbonyl (C=O) groups is 2. The highest BCUT2D eigenvalue weighted by Crippen LogP contribution is 2.15. The topological polar surface area (TPSA) is 75.6 Å². The van der Waals surface area contributed by atoms with E-state index in [0.29, 0.717) is 11.4 Å². The summed E-state index contributed by atoms with van der Waals surface area (Å²) in [5.41, 5.74) is 0.842. The SMILES string of the molecule is O=C(COc1ccc(C(=O)O)cc1)Nc1ccc(Br)cc1. The Morgan fingerprint density at radius 1 is 1.05 bits per heavy atom. The van der Waals surface area contributed by atoms with E-state index in [1.54, 1.807) is 12.1 Å².